The Morgan fingerprint density at radius 1 is 2.00 bits per heavy atom. The van der Waals surface area contributed by atoms with Gasteiger partial charge in [0.2, 0.25) is 0 Å². The van der Waals surface area contributed by atoms with Crippen molar-refractivity contribution in [2.45, 2.75) is 0 Å². The van der Waals surface area contributed by atoms with Gasteiger partial charge in [-0.3, -0.25) is 0 Å². The Morgan fingerprint density at radius 3 is 2.25 bits per heavy atom. The van der Waals surface area contributed by atoms with E-state index in [9.17, 15) is 0 Å². The maximum atomic E-state index is 2.93. The van der Waals surface area contributed by atoms with Crippen LogP contribution >= 0.6 is 11.8 Å². The van der Waals surface area contributed by atoms with Crippen LogP contribution in [0.3, 0.4) is 0 Å². The molecule has 0 radical (unpaired) electrons. The normalized spacial score (nSPS) is 5.00. The summed E-state index contributed by atoms with van der Waals surface area (Å²) < 4.78 is 2.93. The monoisotopic (exact) mass is 243 g/mol. The molecule has 0 aliphatic carbocycles. The number of hydrogen-bond donors (Lipinski definition) is 0. The van der Waals surface area contributed by atoms with Gasteiger partial charge >= 0.3 is 40.7 Å². The first kappa shape index (κ1) is 4.82. The Labute approximate surface area is 41.0 Å². The van der Waals surface area contributed by atoms with Crippen LogP contribution < -0.4 is 0 Å². The van der Waals surface area contributed by atoms with Gasteiger partial charge in [-0.05, 0) is 0 Å². The summed E-state index contributed by atoms with van der Waals surface area (Å²) in [5.74, 6) is 0. The molecule has 0 N–H and O–H groups in total. The van der Waals surface area contributed by atoms with E-state index in [2.05, 4.69) is 3.53 Å². The Morgan fingerprint density at radius 2 is 2.25 bits per heavy atom. The molecule has 0 amide bonds. The molecule has 0 aromatic rings. The van der Waals surface area contributed by atoms with E-state index >= 15 is 0 Å². The quantitative estimate of drug-likeness (QED) is 0.606. The van der Waals surface area contributed by atoms with Crippen molar-refractivity contribution in [1.29, 1.82) is 0 Å². The van der Waals surface area contributed by atoms with Gasteiger partial charge in [0.1, 0.15) is 0 Å². The van der Waals surface area contributed by atoms with Crippen LogP contribution in [0.1, 0.15) is 0 Å². The Kier molecular flexibility index (Phi) is 4.60. The van der Waals surface area contributed by atoms with E-state index in [1.165, 1.54) is 19.2 Å². The molecule has 0 spiro atoms. The van der Waals surface area contributed by atoms with Gasteiger partial charge in [0, 0.05) is 0 Å². The molecule has 0 fully saturated rings. The average Bonchev–Trinajstić information content (AvgIpc) is 1.37. The molecule has 22 valence electrons. The zero-order chi connectivity index (χ0) is 3.41. The van der Waals surface area contributed by atoms with Crippen LogP contribution in [0.2, 0.25) is 0 Å². The summed E-state index contributed by atoms with van der Waals surface area (Å²) in [5, 5.41) is 0. The standard InChI is InChI=1S/C2H3S.W/c1-3-2;/h1H3;/q;+1. The van der Waals surface area contributed by atoms with Gasteiger partial charge in [0.25, 0.3) is 0 Å². The van der Waals surface area contributed by atoms with Gasteiger partial charge < -0.3 is 0 Å². The molecule has 2 heteroatoms. The van der Waals surface area contributed by atoms with Crippen molar-refractivity contribution in [2.24, 2.45) is 0 Å². The van der Waals surface area contributed by atoms with Gasteiger partial charge in [-0.15, -0.1) is 0 Å². The van der Waals surface area contributed by atoms with Gasteiger partial charge in [-0.1, -0.05) is 0 Å². The van der Waals surface area contributed by atoms with Gasteiger partial charge in [-0.2, -0.15) is 0 Å². The Hall–Kier alpha value is 0.818. The maximum absolute atomic E-state index is 2.93. The molecule has 0 nitrogen and oxygen atoms in total. The minimum atomic E-state index is 1.42. The second kappa shape index (κ2) is 3.82. The van der Waals surface area contributed by atoms with Crippen molar-refractivity contribution in [3.8, 4) is 3.53 Å². The van der Waals surface area contributed by atoms with E-state index in [-0.39, 0.29) is 0 Å². The van der Waals surface area contributed by atoms with Crippen LogP contribution in [0.15, 0.2) is 0 Å². The zero-order valence-corrected chi connectivity index (χ0v) is 6.07. The van der Waals surface area contributed by atoms with Crippen LogP contribution in [0.25, 0.3) is 0 Å². The second-order valence-electron chi connectivity index (χ2n) is 0.287. The van der Waals surface area contributed by atoms with Crippen molar-refractivity contribution < 1.29 is 19.2 Å². The predicted molar refractivity (Wildman–Crippen MR) is 17.4 cm³/mol. The van der Waals surface area contributed by atoms with E-state index in [1.54, 1.807) is 11.8 Å². The number of rotatable bonds is 0. The summed E-state index contributed by atoms with van der Waals surface area (Å²) in [6, 6.07) is 0. The summed E-state index contributed by atoms with van der Waals surface area (Å²) in [6.45, 7) is 0. The van der Waals surface area contributed by atoms with E-state index in [0.29, 0.717) is 0 Å². The summed E-state index contributed by atoms with van der Waals surface area (Å²) in [4.78, 5) is 0. The van der Waals surface area contributed by atoms with E-state index < -0.39 is 0 Å². The molecular formula is C2H3SW+. The SMILES string of the molecule is CS[C]#[W+]. The van der Waals surface area contributed by atoms with Gasteiger partial charge in [0.05, 0.1) is 0 Å². The first-order valence-corrected chi connectivity index (χ1v) is 3.51. The Balaban J connectivity index is 2.43. The molecule has 0 saturated heterocycles. The van der Waals surface area contributed by atoms with E-state index in [0.717, 1.165) is 0 Å². The second-order valence-corrected chi connectivity index (χ2v) is 2.66. The topological polar surface area (TPSA) is 0 Å². The van der Waals surface area contributed by atoms with Crippen molar-refractivity contribution >= 4 is 11.8 Å². The van der Waals surface area contributed by atoms with Crippen molar-refractivity contribution in [1.82, 2.24) is 0 Å². The number of thioether (sulfide) groups is 1. The van der Waals surface area contributed by atoms with Gasteiger partial charge in [-0.25, -0.2) is 0 Å². The molecule has 0 aliphatic heterocycles. The first-order chi connectivity index (χ1) is 1.91. The molecule has 0 unspecified atom stereocenters. The molecule has 0 saturated carbocycles. The third kappa shape index (κ3) is 2.82. The molecule has 0 bridgehead atoms. The summed E-state index contributed by atoms with van der Waals surface area (Å²) >= 11 is 3.06. The fourth-order valence-corrected chi connectivity index (χ4v) is 0. The molecule has 0 aromatic heterocycles. The van der Waals surface area contributed by atoms with E-state index in [1.807, 2.05) is 6.26 Å². The molecular weight excluding hydrogens is 240 g/mol. The first-order valence-electron chi connectivity index (χ1n) is 0.816. The molecule has 0 heterocycles. The van der Waals surface area contributed by atoms with Crippen molar-refractivity contribution in [3.05, 3.63) is 0 Å². The summed E-state index contributed by atoms with van der Waals surface area (Å²) in [7, 11) is 0. The molecule has 0 aliphatic rings. The van der Waals surface area contributed by atoms with E-state index in [4.69, 9.17) is 0 Å². The fraction of sp³-hybridized carbons (Fsp3) is 0.500. The van der Waals surface area contributed by atoms with Crippen LogP contribution in [-0.2, 0) is 19.2 Å². The van der Waals surface area contributed by atoms with Crippen molar-refractivity contribution in [3.63, 3.8) is 0 Å². The van der Waals surface area contributed by atoms with Gasteiger partial charge in [0.15, 0.2) is 0 Å². The fourth-order valence-electron chi connectivity index (χ4n) is 0. The minimum absolute atomic E-state index is 1.42. The van der Waals surface area contributed by atoms with Crippen LogP contribution in [0.4, 0.5) is 0 Å². The van der Waals surface area contributed by atoms with Crippen molar-refractivity contribution in [2.75, 3.05) is 6.26 Å². The average molecular weight is 243 g/mol. The Bertz CT molecular complexity index is 35.8. The molecule has 0 aromatic carbocycles. The zero-order valence-electron chi connectivity index (χ0n) is 2.32. The molecule has 4 heavy (non-hydrogen) atoms. The summed E-state index contributed by atoms with van der Waals surface area (Å²) in [6.07, 6.45) is 2.01. The third-order valence-corrected chi connectivity index (χ3v) is 2.05. The number of hydrogen-bond acceptors (Lipinski definition) is 1. The molecule has 0 rings (SSSR count). The van der Waals surface area contributed by atoms with Crippen LogP contribution in [0.5, 0.6) is 0 Å². The third-order valence-electron chi connectivity index (χ3n) is 0.0833. The summed E-state index contributed by atoms with van der Waals surface area (Å²) in [5.41, 5.74) is 0. The van der Waals surface area contributed by atoms with Crippen LogP contribution in [0, 0.1) is 3.53 Å². The predicted octanol–water partition coefficient (Wildman–Crippen LogP) is 0.813. The molecule has 0 atom stereocenters. The van der Waals surface area contributed by atoms with Crippen LogP contribution in [-0.4, -0.2) is 6.26 Å².